The van der Waals surface area contributed by atoms with Crippen molar-refractivity contribution in [2.24, 2.45) is 0 Å². The van der Waals surface area contributed by atoms with Gasteiger partial charge in [0.15, 0.2) is 5.75 Å². The Hall–Kier alpha value is -0.240. The zero-order valence-electron chi connectivity index (χ0n) is 5.56. The molecule has 0 rings (SSSR count). The smallest absolute Gasteiger partial charge is 0.430 e. The largest absolute Gasteiger partial charge is 0.550 e. The summed E-state index contributed by atoms with van der Waals surface area (Å²) in [5.41, 5.74) is 0. The first kappa shape index (κ1) is 10.8. The van der Waals surface area contributed by atoms with Crippen LogP contribution >= 0.6 is 0 Å². The van der Waals surface area contributed by atoms with Crippen LogP contribution in [0.4, 0.5) is 0 Å². The number of carboxylic acid groups (broad SMARTS) is 1. The lowest BCUT2D eigenvalue weighted by Gasteiger charge is -1.93. The summed E-state index contributed by atoms with van der Waals surface area (Å²) in [7, 11) is -3.35. The third kappa shape index (κ3) is 9.76. The van der Waals surface area contributed by atoms with Crippen molar-refractivity contribution in [3.8, 4) is 0 Å². The van der Waals surface area contributed by atoms with Gasteiger partial charge in [-0.1, -0.05) is 0 Å². The minimum atomic E-state index is -3.77. The number of aliphatic carboxylic acids is 1. The minimum Gasteiger partial charge on any atom is -0.550 e. The van der Waals surface area contributed by atoms with E-state index in [9.17, 15) is 14.1 Å². The van der Waals surface area contributed by atoms with E-state index < -0.39 is 15.0 Å². The van der Waals surface area contributed by atoms with Gasteiger partial charge in [-0.15, -0.1) is 0 Å². The van der Waals surface area contributed by atoms with Crippen molar-refractivity contribution in [2.45, 2.75) is 12.8 Å². The molecule has 5 nitrogen and oxygen atoms in total. The zero-order chi connectivity index (χ0) is 8.91. The molecule has 0 bridgehead atoms. The van der Waals surface area contributed by atoms with Gasteiger partial charge in [-0.05, 0) is 6.42 Å². The van der Waals surface area contributed by atoms with Gasteiger partial charge in [0, 0.05) is 12.4 Å². The number of carbonyl (C=O) groups is 1. The molecule has 0 atom stereocenters. The van der Waals surface area contributed by atoms with Gasteiger partial charge in [0.2, 0.25) is 0 Å². The Morgan fingerprint density at radius 1 is 1.55 bits per heavy atom. The molecule has 0 aliphatic rings. The molecule has 0 aromatic rings. The molecule has 0 aromatic carbocycles. The monoisotopic (exact) mass is 200 g/mol. The van der Waals surface area contributed by atoms with Crippen LogP contribution in [0.1, 0.15) is 12.8 Å². The molecule has 66 valence electrons. The third-order valence-electron chi connectivity index (χ3n) is 0.762. The fraction of sp³-hybridized carbons (Fsp3) is 0.750. The number of carboxylic acids is 1. The van der Waals surface area contributed by atoms with Crippen LogP contribution in [-0.2, 0) is 24.2 Å². The topological polar surface area (TPSA) is 97.7 Å². The van der Waals surface area contributed by atoms with Gasteiger partial charge in [0.1, 0.15) is 0 Å². The second-order valence-electron chi connectivity index (χ2n) is 1.75. The van der Waals surface area contributed by atoms with Crippen LogP contribution in [0.3, 0.4) is 0 Å². The molecule has 0 heterocycles. The van der Waals surface area contributed by atoms with E-state index in [1.807, 2.05) is 0 Å². The van der Waals surface area contributed by atoms with Gasteiger partial charge < -0.3 is 9.90 Å². The van der Waals surface area contributed by atoms with Gasteiger partial charge in [-0.3, -0.25) is 9.11 Å². The van der Waals surface area contributed by atoms with E-state index in [4.69, 9.17) is 9.11 Å². The van der Waals surface area contributed by atoms with Gasteiger partial charge >= 0.3 is 9.05 Å². The summed E-state index contributed by atoms with van der Waals surface area (Å²) in [6, 6.07) is 0. The second-order valence-corrected chi connectivity index (χ2v) is 5.29. The third-order valence-corrected chi connectivity index (χ3v) is 2.95. The average molecular weight is 200 g/mol. The van der Waals surface area contributed by atoms with Crippen molar-refractivity contribution in [3.05, 3.63) is 0 Å². The highest BCUT2D eigenvalue weighted by Gasteiger charge is 2.08. The Morgan fingerprint density at radius 2 is 2.09 bits per heavy atom. The summed E-state index contributed by atoms with van der Waals surface area (Å²) in [4.78, 5) is 9.81. The zero-order valence-corrected chi connectivity index (χ0v) is 7.19. The van der Waals surface area contributed by atoms with E-state index in [0.29, 0.717) is 10.3 Å². The van der Waals surface area contributed by atoms with Gasteiger partial charge in [-0.2, -0.15) is 4.21 Å². The van der Waals surface area contributed by atoms with Crippen LogP contribution in [0.5, 0.6) is 0 Å². The van der Waals surface area contributed by atoms with E-state index in [1.54, 1.807) is 0 Å². The van der Waals surface area contributed by atoms with Crippen LogP contribution in [-0.4, -0.2) is 25.0 Å². The molecular formula is C4H8O5S2. The number of rotatable bonds is 4. The quantitative estimate of drug-likeness (QED) is 0.436. The molecule has 0 saturated carbocycles. The van der Waals surface area contributed by atoms with Crippen LogP contribution < -0.4 is 5.11 Å². The number of hydrogen-bond donors (Lipinski definition) is 2. The Balaban J connectivity index is 3.59. The molecule has 0 amide bonds. The predicted molar refractivity (Wildman–Crippen MR) is 39.9 cm³/mol. The maximum absolute atomic E-state index is 10.1. The molecule has 0 aliphatic carbocycles. The van der Waals surface area contributed by atoms with Crippen LogP contribution in [0.25, 0.3) is 0 Å². The maximum atomic E-state index is 10.1. The van der Waals surface area contributed by atoms with Gasteiger partial charge in [-0.25, -0.2) is 0 Å². The van der Waals surface area contributed by atoms with Crippen molar-refractivity contribution in [1.29, 1.82) is 0 Å². The van der Waals surface area contributed by atoms with Crippen LogP contribution in [0.15, 0.2) is 0 Å². The summed E-state index contributed by atoms with van der Waals surface area (Å²) < 4.78 is 26.7. The second kappa shape index (κ2) is 4.60. The highest BCUT2D eigenvalue weighted by Crippen LogP contribution is 1.88. The summed E-state index contributed by atoms with van der Waals surface area (Å²) in [5, 5.41) is 9.81. The van der Waals surface area contributed by atoms with E-state index >= 15 is 0 Å². The fourth-order valence-electron chi connectivity index (χ4n) is 0.384. The molecule has 2 N–H and O–H groups in total. The Bertz CT molecular complexity index is 231. The summed E-state index contributed by atoms with van der Waals surface area (Å²) in [6.07, 6.45) is 0.0492. The predicted octanol–water partition coefficient (Wildman–Crippen LogP) is -1.26. The summed E-state index contributed by atoms with van der Waals surface area (Å²) >= 11 is 0. The molecule has 0 fully saturated rings. The SMILES string of the molecule is O=C([O-])CCC[S+]=S(=O)(O)O. The van der Waals surface area contributed by atoms with E-state index in [2.05, 4.69) is 0 Å². The van der Waals surface area contributed by atoms with Crippen molar-refractivity contribution in [2.75, 3.05) is 5.75 Å². The molecule has 0 radical (unpaired) electrons. The van der Waals surface area contributed by atoms with E-state index in [0.717, 1.165) is 0 Å². The first-order chi connectivity index (χ1) is 4.92. The Kier molecular flexibility index (Phi) is 4.50. The average Bonchev–Trinajstić information content (AvgIpc) is 1.78. The number of hydrogen-bond acceptors (Lipinski definition) is 3. The molecule has 11 heavy (non-hydrogen) atoms. The first-order valence-corrected chi connectivity index (χ1v) is 5.72. The molecule has 0 saturated heterocycles. The standard InChI is InChI=1S/C4H8O5S2/c5-4(6)2-1-3-10-11(7,8)9/h1-3H2,(H2-,5,6,7,8,9). The normalized spacial score (nSPS) is 11.1. The lowest BCUT2D eigenvalue weighted by molar-refractivity contribution is -0.305. The summed E-state index contributed by atoms with van der Waals surface area (Å²) in [6.45, 7) is 0. The number of carbonyl (C=O) groups excluding carboxylic acids is 1. The van der Waals surface area contributed by atoms with Crippen molar-refractivity contribution < 1.29 is 23.2 Å². The highest BCUT2D eigenvalue weighted by atomic mass is 32.9. The van der Waals surface area contributed by atoms with Crippen LogP contribution in [0.2, 0.25) is 0 Å². The highest BCUT2D eigenvalue weighted by molar-refractivity contribution is 8.34. The molecule has 0 unspecified atom stereocenters. The van der Waals surface area contributed by atoms with Crippen molar-refractivity contribution in [3.63, 3.8) is 0 Å². The fourth-order valence-corrected chi connectivity index (χ4v) is 1.87. The summed E-state index contributed by atoms with van der Waals surface area (Å²) in [5.74, 6) is -1.08. The van der Waals surface area contributed by atoms with E-state index in [1.165, 1.54) is 0 Å². The minimum absolute atomic E-state index is 0.125. The lowest BCUT2D eigenvalue weighted by Crippen LogP contribution is -2.21. The maximum Gasteiger partial charge on any atom is 0.430 e. The molecular weight excluding hydrogens is 192 g/mol. The lowest BCUT2D eigenvalue weighted by atomic mass is 10.3. The molecule has 0 aromatic heterocycles. The Labute approximate surface area is 67.7 Å². The molecule has 0 spiro atoms. The van der Waals surface area contributed by atoms with Gasteiger partial charge in [0.25, 0.3) is 10.3 Å². The first-order valence-electron chi connectivity index (χ1n) is 2.75. The van der Waals surface area contributed by atoms with Gasteiger partial charge in [0.05, 0.1) is 0 Å². The van der Waals surface area contributed by atoms with Crippen molar-refractivity contribution in [1.82, 2.24) is 0 Å². The molecule has 0 aliphatic heterocycles. The van der Waals surface area contributed by atoms with E-state index in [-0.39, 0.29) is 18.6 Å². The van der Waals surface area contributed by atoms with Crippen molar-refractivity contribution >= 4 is 25.3 Å². The molecule has 7 heteroatoms. The van der Waals surface area contributed by atoms with Crippen LogP contribution in [0, 0.1) is 0 Å². The Morgan fingerprint density at radius 3 is 2.45 bits per heavy atom.